The van der Waals surface area contributed by atoms with Gasteiger partial charge in [0.1, 0.15) is 0 Å². The molecule has 0 aromatic rings. The molecule has 0 aliphatic carbocycles. The van der Waals surface area contributed by atoms with E-state index in [1.54, 1.807) is 0 Å². The molecular weight excluding hydrogens is 432 g/mol. The molecular formula is C18H38N4O6S2. The maximum absolute atomic E-state index is 10.8. The third-order valence-electron chi connectivity index (χ3n) is 5.96. The molecule has 0 spiro atoms. The van der Waals surface area contributed by atoms with Crippen molar-refractivity contribution in [1.29, 1.82) is 0 Å². The van der Waals surface area contributed by atoms with Gasteiger partial charge in [0.25, 0.3) is 20.2 Å². The van der Waals surface area contributed by atoms with Crippen LogP contribution < -0.4 is 0 Å². The largest absolute Gasteiger partial charge is 0.301 e. The number of piperazine rings is 2. The molecule has 0 aromatic carbocycles. The summed E-state index contributed by atoms with van der Waals surface area (Å²) in [5.74, 6) is -0.376. The molecule has 2 rings (SSSR count). The number of rotatable bonds is 13. The topological polar surface area (TPSA) is 122 Å². The lowest BCUT2D eigenvalue weighted by molar-refractivity contribution is 0.132. The molecule has 2 aliphatic rings. The maximum Gasteiger partial charge on any atom is 0.266 e. The van der Waals surface area contributed by atoms with E-state index in [1.807, 2.05) is 0 Å². The lowest BCUT2D eigenvalue weighted by Gasteiger charge is -2.34. The van der Waals surface area contributed by atoms with Crippen molar-refractivity contribution in [2.45, 2.75) is 25.7 Å². The highest BCUT2D eigenvalue weighted by atomic mass is 32.2. The smallest absolute Gasteiger partial charge is 0.266 e. The lowest BCUT2D eigenvalue weighted by Crippen LogP contribution is -2.47. The predicted octanol–water partition coefficient (Wildman–Crippen LogP) is -0.442. The van der Waals surface area contributed by atoms with Gasteiger partial charge in [-0.1, -0.05) is 12.8 Å². The van der Waals surface area contributed by atoms with Gasteiger partial charge in [0.05, 0.1) is 11.5 Å². The maximum atomic E-state index is 10.8. The highest BCUT2D eigenvalue weighted by Gasteiger charge is 2.19. The van der Waals surface area contributed by atoms with Crippen molar-refractivity contribution in [2.75, 3.05) is 90.0 Å². The van der Waals surface area contributed by atoms with E-state index in [9.17, 15) is 16.8 Å². The van der Waals surface area contributed by atoms with Crippen LogP contribution in [0.15, 0.2) is 0 Å². The lowest BCUT2D eigenvalue weighted by atomic mass is 10.1. The van der Waals surface area contributed by atoms with Gasteiger partial charge < -0.3 is 9.80 Å². The van der Waals surface area contributed by atoms with Gasteiger partial charge in [0, 0.05) is 65.4 Å². The third-order valence-corrected chi connectivity index (χ3v) is 7.36. The van der Waals surface area contributed by atoms with Gasteiger partial charge in [-0.25, -0.2) is 0 Å². The Hall–Kier alpha value is -0.340. The van der Waals surface area contributed by atoms with Crippen molar-refractivity contribution in [1.82, 2.24) is 19.6 Å². The summed E-state index contributed by atoms with van der Waals surface area (Å²) >= 11 is 0. The first-order valence-electron chi connectivity index (χ1n) is 10.9. The van der Waals surface area contributed by atoms with E-state index in [2.05, 4.69) is 19.6 Å². The summed E-state index contributed by atoms with van der Waals surface area (Å²) in [7, 11) is -7.74. The summed E-state index contributed by atoms with van der Waals surface area (Å²) in [5.41, 5.74) is 0. The molecule has 10 nitrogen and oxygen atoms in total. The molecule has 2 N–H and O–H groups in total. The standard InChI is InChI=1S/C18H38N4O6S2/c23-29(24,25)17-15-21-11-7-19(8-12-21)5-3-1-2-4-6-20-9-13-22(14-10-20)16-18-30(26,27)28/h1-18H2,(H,23,24,25)(H,26,27,28). The first kappa shape index (κ1) is 25.9. The van der Waals surface area contributed by atoms with Crippen molar-refractivity contribution < 1.29 is 25.9 Å². The van der Waals surface area contributed by atoms with Crippen LogP contribution in [0.2, 0.25) is 0 Å². The van der Waals surface area contributed by atoms with Gasteiger partial charge in [-0.2, -0.15) is 16.8 Å². The Labute approximate surface area is 181 Å². The highest BCUT2D eigenvalue weighted by molar-refractivity contribution is 7.86. The molecule has 0 saturated carbocycles. The molecule has 12 heteroatoms. The third kappa shape index (κ3) is 11.9. The van der Waals surface area contributed by atoms with Crippen LogP contribution in [0.1, 0.15) is 25.7 Å². The molecule has 0 amide bonds. The fraction of sp³-hybridized carbons (Fsp3) is 1.00. The number of hydrogen-bond acceptors (Lipinski definition) is 8. The van der Waals surface area contributed by atoms with Gasteiger partial charge in [0.2, 0.25) is 0 Å². The molecule has 30 heavy (non-hydrogen) atoms. The summed E-state index contributed by atoms with van der Waals surface area (Å²) in [6.45, 7) is 10.2. The molecule has 2 fully saturated rings. The van der Waals surface area contributed by atoms with E-state index in [1.165, 1.54) is 25.7 Å². The molecule has 0 radical (unpaired) electrons. The second-order valence-electron chi connectivity index (χ2n) is 8.35. The Kier molecular flexibility index (Phi) is 10.9. The summed E-state index contributed by atoms with van der Waals surface area (Å²) < 4.78 is 61.0. The molecule has 0 atom stereocenters. The Morgan fingerprint density at radius 1 is 0.467 bits per heavy atom. The molecule has 0 unspecified atom stereocenters. The predicted molar refractivity (Wildman–Crippen MR) is 117 cm³/mol. The fourth-order valence-electron chi connectivity index (χ4n) is 3.99. The minimum atomic E-state index is -3.87. The Balaban J connectivity index is 1.43. The molecule has 178 valence electrons. The van der Waals surface area contributed by atoms with E-state index in [4.69, 9.17) is 9.11 Å². The minimum absolute atomic E-state index is 0.188. The molecule has 2 aliphatic heterocycles. The van der Waals surface area contributed by atoms with Crippen molar-refractivity contribution >= 4 is 20.2 Å². The second kappa shape index (κ2) is 12.6. The van der Waals surface area contributed by atoms with Crippen molar-refractivity contribution in [3.63, 3.8) is 0 Å². The Morgan fingerprint density at radius 3 is 1.00 bits per heavy atom. The van der Waals surface area contributed by atoms with Gasteiger partial charge in [-0.3, -0.25) is 18.9 Å². The van der Waals surface area contributed by atoms with Gasteiger partial charge >= 0.3 is 0 Å². The van der Waals surface area contributed by atoms with E-state index in [-0.39, 0.29) is 11.5 Å². The number of nitrogens with zero attached hydrogens (tertiary/aromatic N) is 4. The van der Waals surface area contributed by atoms with Gasteiger partial charge in [-0.15, -0.1) is 0 Å². The first-order valence-corrected chi connectivity index (χ1v) is 14.1. The van der Waals surface area contributed by atoms with Crippen LogP contribution in [0.25, 0.3) is 0 Å². The molecule has 0 aromatic heterocycles. The van der Waals surface area contributed by atoms with Crippen molar-refractivity contribution in [3.05, 3.63) is 0 Å². The SMILES string of the molecule is O=S(=O)(O)CCN1CCN(CCCCCCN2CCN(CCS(=O)(=O)O)CC2)CC1. The number of unbranched alkanes of at least 4 members (excludes halogenated alkanes) is 3. The molecule has 2 heterocycles. The van der Waals surface area contributed by atoms with Crippen LogP contribution in [-0.4, -0.2) is 136 Å². The zero-order chi connectivity index (χ0) is 22.0. The molecule has 2 saturated heterocycles. The summed E-state index contributed by atoms with van der Waals surface area (Å²) in [5, 5.41) is 0. The zero-order valence-electron chi connectivity index (χ0n) is 17.9. The van der Waals surface area contributed by atoms with Crippen molar-refractivity contribution in [3.8, 4) is 0 Å². The van der Waals surface area contributed by atoms with Crippen LogP contribution in [0.5, 0.6) is 0 Å². The Bertz CT molecular complexity index is 627. The van der Waals surface area contributed by atoms with E-state index >= 15 is 0 Å². The Morgan fingerprint density at radius 2 is 0.733 bits per heavy atom. The summed E-state index contributed by atoms with van der Waals surface area (Å²) in [6, 6.07) is 0. The van der Waals surface area contributed by atoms with Crippen LogP contribution in [-0.2, 0) is 20.2 Å². The fourth-order valence-corrected chi connectivity index (χ4v) is 4.96. The van der Waals surface area contributed by atoms with Gasteiger partial charge in [-0.05, 0) is 25.9 Å². The monoisotopic (exact) mass is 470 g/mol. The van der Waals surface area contributed by atoms with Crippen LogP contribution in [0.4, 0.5) is 0 Å². The van der Waals surface area contributed by atoms with Crippen LogP contribution in [0.3, 0.4) is 0 Å². The second-order valence-corrected chi connectivity index (χ2v) is 11.5. The van der Waals surface area contributed by atoms with E-state index in [0.29, 0.717) is 13.1 Å². The summed E-state index contributed by atoms with van der Waals surface area (Å²) in [6.07, 6.45) is 4.76. The first-order chi connectivity index (χ1) is 14.1. The normalized spacial score (nSPS) is 21.3. The van der Waals surface area contributed by atoms with Crippen LogP contribution in [0, 0.1) is 0 Å². The highest BCUT2D eigenvalue weighted by Crippen LogP contribution is 2.08. The van der Waals surface area contributed by atoms with Crippen molar-refractivity contribution in [2.24, 2.45) is 0 Å². The average molecular weight is 471 g/mol. The van der Waals surface area contributed by atoms with E-state index in [0.717, 1.165) is 65.4 Å². The summed E-state index contributed by atoms with van der Waals surface area (Å²) in [4.78, 5) is 9.03. The molecule has 0 bridgehead atoms. The quantitative estimate of drug-likeness (QED) is 0.270. The number of hydrogen-bond donors (Lipinski definition) is 2. The average Bonchev–Trinajstić information content (AvgIpc) is 2.68. The van der Waals surface area contributed by atoms with E-state index < -0.39 is 20.2 Å². The minimum Gasteiger partial charge on any atom is -0.301 e. The van der Waals surface area contributed by atoms with Crippen LogP contribution >= 0.6 is 0 Å². The van der Waals surface area contributed by atoms with Gasteiger partial charge in [0.15, 0.2) is 0 Å². The zero-order valence-corrected chi connectivity index (χ0v) is 19.5.